The van der Waals surface area contributed by atoms with E-state index in [1.54, 1.807) is 19.2 Å². The van der Waals surface area contributed by atoms with Gasteiger partial charge in [0.05, 0.1) is 5.69 Å². The van der Waals surface area contributed by atoms with E-state index >= 15 is 0 Å². The van der Waals surface area contributed by atoms with E-state index in [2.05, 4.69) is 20.5 Å². The van der Waals surface area contributed by atoms with Crippen molar-refractivity contribution in [3.05, 3.63) is 40.3 Å². The average Bonchev–Trinajstić information content (AvgIpc) is 2.78. The summed E-state index contributed by atoms with van der Waals surface area (Å²) in [5, 5.41) is 8.97. The van der Waals surface area contributed by atoms with Crippen molar-refractivity contribution in [2.75, 3.05) is 5.32 Å². The summed E-state index contributed by atoms with van der Waals surface area (Å²) < 4.78 is 1.50. The zero-order valence-electron chi connectivity index (χ0n) is 10.1. The van der Waals surface area contributed by atoms with Gasteiger partial charge in [0, 0.05) is 18.8 Å². The molecule has 2 aromatic heterocycles. The maximum absolute atomic E-state index is 11.8. The molecule has 0 unspecified atom stereocenters. The van der Waals surface area contributed by atoms with Gasteiger partial charge in [0.1, 0.15) is 5.82 Å². The lowest BCUT2D eigenvalue weighted by atomic mass is 10.4. The molecule has 0 radical (unpaired) electrons. The number of H-pyrrole nitrogens is 1. The first-order chi connectivity index (χ1) is 8.60. The molecule has 0 aliphatic carbocycles. The van der Waals surface area contributed by atoms with E-state index in [9.17, 15) is 9.59 Å². The smallest absolute Gasteiger partial charge is 0.295 e. The van der Waals surface area contributed by atoms with Crippen molar-refractivity contribution in [2.24, 2.45) is 0 Å². The van der Waals surface area contributed by atoms with Crippen LogP contribution in [0.25, 0.3) is 0 Å². The number of anilines is 1. The van der Waals surface area contributed by atoms with E-state index in [-0.39, 0.29) is 11.4 Å². The fourth-order valence-corrected chi connectivity index (χ4v) is 1.48. The third-order valence-corrected chi connectivity index (χ3v) is 2.38. The maximum atomic E-state index is 11.8. The van der Waals surface area contributed by atoms with E-state index in [0.29, 0.717) is 18.1 Å². The van der Waals surface area contributed by atoms with Crippen LogP contribution in [-0.2, 0) is 6.54 Å². The molecule has 0 saturated carbocycles. The summed E-state index contributed by atoms with van der Waals surface area (Å²) in [6.07, 6.45) is 1.58. The van der Waals surface area contributed by atoms with Crippen molar-refractivity contribution in [1.29, 1.82) is 0 Å². The third kappa shape index (κ3) is 2.45. The highest BCUT2D eigenvalue weighted by atomic mass is 16.2. The highest BCUT2D eigenvalue weighted by Crippen LogP contribution is 2.05. The second-order valence-corrected chi connectivity index (χ2v) is 3.74. The molecule has 2 heterocycles. The number of hydrogen-bond acceptors (Lipinski definition) is 4. The lowest BCUT2D eigenvalue weighted by Crippen LogP contribution is -2.20. The van der Waals surface area contributed by atoms with Crippen LogP contribution >= 0.6 is 0 Å². The zero-order chi connectivity index (χ0) is 13.1. The largest absolute Gasteiger partial charge is 0.318 e. The molecule has 0 atom stereocenters. The number of aromatic amines is 1. The number of amides is 1. The van der Waals surface area contributed by atoms with Gasteiger partial charge in [-0.25, -0.2) is 4.98 Å². The van der Waals surface area contributed by atoms with Crippen LogP contribution < -0.4 is 10.9 Å². The highest BCUT2D eigenvalue weighted by molar-refractivity contribution is 6.01. The fraction of sp³-hybridized carbons (Fsp3) is 0.273. The van der Waals surface area contributed by atoms with Gasteiger partial charge in [0.25, 0.3) is 11.5 Å². The number of nitrogens with one attached hydrogen (secondary N) is 2. The van der Waals surface area contributed by atoms with Gasteiger partial charge >= 0.3 is 0 Å². The molecule has 18 heavy (non-hydrogen) atoms. The van der Waals surface area contributed by atoms with E-state index in [1.165, 1.54) is 10.6 Å². The number of pyridine rings is 1. The molecule has 0 aliphatic rings. The molecule has 0 bridgehead atoms. The van der Waals surface area contributed by atoms with Crippen molar-refractivity contribution in [3.63, 3.8) is 0 Å². The molecule has 7 heteroatoms. The molecule has 2 aromatic rings. The normalized spacial score (nSPS) is 10.3. The Labute approximate surface area is 103 Å². The minimum absolute atomic E-state index is 0.0711. The number of aromatic nitrogens is 4. The molecule has 7 nitrogen and oxygen atoms in total. The van der Waals surface area contributed by atoms with Crippen molar-refractivity contribution in [2.45, 2.75) is 20.4 Å². The third-order valence-electron chi connectivity index (χ3n) is 2.38. The second kappa shape index (κ2) is 4.82. The Kier molecular flexibility index (Phi) is 3.22. The Bertz CT molecular complexity index is 628. The first-order valence-electron chi connectivity index (χ1n) is 5.51. The van der Waals surface area contributed by atoms with Gasteiger partial charge in [-0.05, 0) is 19.9 Å². The monoisotopic (exact) mass is 247 g/mol. The summed E-state index contributed by atoms with van der Waals surface area (Å²) in [6, 6.07) is 2.95. The summed E-state index contributed by atoms with van der Waals surface area (Å²) >= 11 is 0. The molecule has 2 rings (SSSR count). The molecule has 1 amide bonds. The predicted molar refractivity (Wildman–Crippen MR) is 65.4 cm³/mol. The van der Waals surface area contributed by atoms with Crippen molar-refractivity contribution < 1.29 is 4.79 Å². The average molecular weight is 247 g/mol. The number of carbonyl (C=O) groups excluding carboxylic acids is 1. The van der Waals surface area contributed by atoms with E-state index in [1.807, 2.05) is 6.92 Å². The first-order valence-corrected chi connectivity index (χ1v) is 5.51. The van der Waals surface area contributed by atoms with Gasteiger partial charge in [-0.15, -0.1) is 5.10 Å². The molecular weight excluding hydrogens is 234 g/mol. The van der Waals surface area contributed by atoms with Gasteiger partial charge in [-0.1, -0.05) is 0 Å². The van der Waals surface area contributed by atoms with E-state index < -0.39 is 5.91 Å². The van der Waals surface area contributed by atoms with Gasteiger partial charge in [-0.2, -0.15) is 0 Å². The number of aryl methyl sites for hydroxylation is 2. The van der Waals surface area contributed by atoms with Crippen LogP contribution in [0.5, 0.6) is 0 Å². The molecule has 94 valence electrons. The number of hydrogen-bond donors (Lipinski definition) is 2. The van der Waals surface area contributed by atoms with E-state index in [0.717, 1.165) is 0 Å². The molecule has 2 N–H and O–H groups in total. The summed E-state index contributed by atoms with van der Waals surface area (Å²) in [5.74, 6) is 0.223. The van der Waals surface area contributed by atoms with Crippen LogP contribution in [0.15, 0.2) is 23.1 Å². The van der Waals surface area contributed by atoms with Gasteiger partial charge in [0.2, 0.25) is 5.82 Å². The summed E-state index contributed by atoms with van der Waals surface area (Å²) in [7, 11) is 0. The van der Waals surface area contributed by atoms with E-state index in [4.69, 9.17) is 0 Å². The maximum Gasteiger partial charge on any atom is 0.295 e. The van der Waals surface area contributed by atoms with Crippen LogP contribution in [0.2, 0.25) is 0 Å². The number of carbonyl (C=O) groups is 1. The van der Waals surface area contributed by atoms with Crippen LogP contribution in [0.4, 0.5) is 5.69 Å². The number of rotatable bonds is 3. The first kappa shape index (κ1) is 12.0. The summed E-state index contributed by atoms with van der Waals surface area (Å²) in [6.45, 7) is 4.11. The highest BCUT2D eigenvalue weighted by Gasteiger charge is 2.11. The SMILES string of the molecule is CCn1cc(NC(=O)c2n[nH]c(C)n2)ccc1=O. The molecular formula is C11H13N5O2. The van der Waals surface area contributed by atoms with Gasteiger partial charge in [-0.3, -0.25) is 14.7 Å². The Morgan fingerprint density at radius 3 is 2.89 bits per heavy atom. The van der Waals surface area contributed by atoms with Crippen LogP contribution in [0, 0.1) is 6.92 Å². The summed E-state index contributed by atoms with van der Waals surface area (Å²) in [5.41, 5.74) is 0.424. The Balaban J connectivity index is 2.19. The lowest BCUT2D eigenvalue weighted by Gasteiger charge is -2.06. The molecule has 0 spiro atoms. The predicted octanol–water partition coefficient (Wildman–Crippen LogP) is 0.547. The van der Waals surface area contributed by atoms with Gasteiger partial charge in [0.15, 0.2) is 0 Å². The summed E-state index contributed by atoms with van der Waals surface area (Å²) in [4.78, 5) is 27.1. The lowest BCUT2D eigenvalue weighted by molar-refractivity contribution is 0.101. The molecule has 0 aliphatic heterocycles. The quantitative estimate of drug-likeness (QED) is 0.828. The minimum atomic E-state index is -0.416. The van der Waals surface area contributed by atoms with Crippen molar-refractivity contribution >= 4 is 11.6 Å². The second-order valence-electron chi connectivity index (χ2n) is 3.74. The van der Waals surface area contributed by atoms with Crippen molar-refractivity contribution in [3.8, 4) is 0 Å². The van der Waals surface area contributed by atoms with Crippen LogP contribution in [-0.4, -0.2) is 25.7 Å². The topological polar surface area (TPSA) is 92.7 Å². The zero-order valence-corrected chi connectivity index (χ0v) is 10.1. The number of nitrogens with zero attached hydrogens (tertiary/aromatic N) is 3. The fourth-order valence-electron chi connectivity index (χ4n) is 1.48. The molecule has 0 saturated heterocycles. The molecule has 0 aromatic carbocycles. The Hall–Kier alpha value is -2.44. The van der Waals surface area contributed by atoms with Crippen LogP contribution in [0.1, 0.15) is 23.4 Å². The van der Waals surface area contributed by atoms with Crippen molar-refractivity contribution in [1.82, 2.24) is 19.7 Å². The van der Waals surface area contributed by atoms with Crippen LogP contribution in [0.3, 0.4) is 0 Å². The minimum Gasteiger partial charge on any atom is -0.318 e. The van der Waals surface area contributed by atoms with Gasteiger partial charge < -0.3 is 9.88 Å². The Morgan fingerprint density at radius 1 is 1.50 bits per heavy atom. The Morgan fingerprint density at radius 2 is 2.28 bits per heavy atom. The standard InChI is InChI=1S/C11H13N5O2/c1-3-16-6-8(4-5-9(16)17)13-11(18)10-12-7(2)14-15-10/h4-6H,3H2,1-2H3,(H,13,18)(H,12,14,15). The molecule has 0 fully saturated rings.